The van der Waals surface area contributed by atoms with E-state index in [2.05, 4.69) is 39.8 Å². The number of hydrogen-bond acceptors (Lipinski definition) is 3. The molecule has 1 aliphatic rings. The van der Waals surface area contributed by atoms with Crippen LogP contribution in [0.3, 0.4) is 0 Å². The Balaban J connectivity index is 1.29. The highest BCUT2D eigenvalue weighted by Gasteiger charge is 2.28. The number of carbonyl (C=O) groups excluding carboxylic acids is 1. The second-order valence-electron chi connectivity index (χ2n) is 6.89. The summed E-state index contributed by atoms with van der Waals surface area (Å²) in [6.45, 7) is 2.84. The van der Waals surface area contributed by atoms with E-state index in [0.29, 0.717) is 13.2 Å². The van der Waals surface area contributed by atoms with E-state index in [4.69, 9.17) is 4.74 Å². The molecule has 1 amide bonds. The predicted molar refractivity (Wildman–Crippen MR) is 110 cm³/mol. The molecule has 0 saturated carbocycles. The number of hydrogen-bond donors (Lipinski definition) is 2. The summed E-state index contributed by atoms with van der Waals surface area (Å²) in [6, 6.07) is 16.6. The van der Waals surface area contributed by atoms with E-state index in [0.717, 1.165) is 17.7 Å². The van der Waals surface area contributed by atoms with Crippen molar-refractivity contribution in [3.63, 3.8) is 0 Å². The molecule has 3 aromatic rings. The van der Waals surface area contributed by atoms with Crippen molar-refractivity contribution in [2.24, 2.45) is 0 Å². The maximum atomic E-state index is 12.1. The predicted octanol–water partition coefficient (Wildman–Crippen LogP) is 4.66. The minimum absolute atomic E-state index is 0.0853. The lowest BCUT2D eigenvalue weighted by Gasteiger charge is -2.14. The molecule has 28 heavy (non-hydrogen) atoms. The van der Waals surface area contributed by atoms with Crippen molar-refractivity contribution in [1.82, 2.24) is 15.5 Å². The van der Waals surface area contributed by atoms with Crippen LogP contribution in [0.2, 0.25) is 0 Å². The molecule has 0 aliphatic heterocycles. The highest BCUT2D eigenvalue weighted by molar-refractivity contribution is 5.79. The molecule has 0 unspecified atom stereocenters. The molecule has 142 valence electrons. The number of rotatable bonds is 6. The van der Waals surface area contributed by atoms with E-state index in [1.807, 2.05) is 43.3 Å². The van der Waals surface area contributed by atoms with Gasteiger partial charge in [-0.05, 0) is 35.6 Å². The Morgan fingerprint density at radius 1 is 1.14 bits per heavy atom. The van der Waals surface area contributed by atoms with Gasteiger partial charge in [0.2, 0.25) is 0 Å². The molecule has 0 bridgehead atoms. The van der Waals surface area contributed by atoms with Crippen LogP contribution in [0.15, 0.2) is 60.8 Å². The van der Waals surface area contributed by atoms with E-state index >= 15 is 0 Å². The first-order chi connectivity index (χ1) is 13.7. The number of benzene rings is 2. The van der Waals surface area contributed by atoms with E-state index < -0.39 is 0 Å². The first-order valence-corrected chi connectivity index (χ1v) is 9.49. The van der Waals surface area contributed by atoms with E-state index in [1.54, 1.807) is 6.20 Å². The fourth-order valence-corrected chi connectivity index (χ4v) is 3.65. The monoisotopic (exact) mass is 373 g/mol. The van der Waals surface area contributed by atoms with Gasteiger partial charge in [-0.15, -0.1) is 0 Å². The minimum Gasteiger partial charge on any atom is -0.449 e. The molecule has 2 aromatic carbocycles. The maximum Gasteiger partial charge on any atom is 0.407 e. The number of nitrogens with zero attached hydrogens (tertiary/aromatic N) is 1. The highest BCUT2D eigenvalue weighted by Crippen LogP contribution is 2.44. The van der Waals surface area contributed by atoms with Gasteiger partial charge in [0.1, 0.15) is 6.61 Å². The van der Waals surface area contributed by atoms with E-state index in [9.17, 15) is 4.79 Å². The van der Waals surface area contributed by atoms with Crippen LogP contribution in [0, 0.1) is 6.92 Å². The van der Waals surface area contributed by atoms with Crippen LogP contribution in [0.1, 0.15) is 34.7 Å². The second-order valence-corrected chi connectivity index (χ2v) is 6.89. The number of ether oxygens (including phenoxy) is 1. The number of aromatic nitrogens is 2. The van der Waals surface area contributed by atoms with Gasteiger partial charge in [-0.25, -0.2) is 4.79 Å². The quantitative estimate of drug-likeness (QED) is 0.618. The van der Waals surface area contributed by atoms with Gasteiger partial charge in [0.25, 0.3) is 0 Å². The van der Waals surface area contributed by atoms with Crippen molar-refractivity contribution >= 4 is 12.2 Å². The van der Waals surface area contributed by atoms with E-state index in [1.165, 1.54) is 22.3 Å². The van der Waals surface area contributed by atoms with Crippen LogP contribution in [-0.4, -0.2) is 29.4 Å². The fourth-order valence-electron chi connectivity index (χ4n) is 3.65. The normalized spacial score (nSPS) is 12.8. The highest BCUT2D eigenvalue weighted by atomic mass is 16.5. The molecule has 1 aliphatic carbocycles. The molecular formula is C23H23N3O2. The standard InChI is InChI=1S/C23H23N3O2/c1-16-17(14-25-26-16)8-6-7-13-24-23(27)28-15-22-20-11-4-2-9-18(20)19-10-3-5-12-21(19)22/h2-6,8-12,14,22H,7,13,15H2,1H3,(H,24,27)(H,25,26). The average Bonchev–Trinajstić information content (AvgIpc) is 3.27. The third kappa shape index (κ3) is 3.69. The van der Waals surface area contributed by atoms with Crippen molar-refractivity contribution < 1.29 is 9.53 Å². The van der Waals surface area contributed by atoms with Crippen LogP contribution >= 0.6 is 0 Å². The molecule has 0 saturated heterocycles. The molecule has 0 atom stereocenters. The lowest BCUT2D eigenvalue weighted by Crippen LogP contribution is -2.26. The number of nitrogens with one attached hydrogen (secondary N) is 2. The Labute approximate surface area is 164 Å². The van der Waals surface area contributed by atoms with Gasteiger partial charge in [0.05, 0.1) is 6.20 Å². The van der Waals surface area contributed by atoms with Gasteiger partial charge in [0.15, 0.2) is 0 Å². The van der Waals surface area contributed by atoms with Crippen LogP contribution in [0.4, 0.5) is 4.79 Å². The number of aryl methyl sites for hydroxylation is 1. The van der Waals surface area contributed by atoms with Crippen molar-refractivity contribution in [3.8, 4) is 11.1 Å². The Bertz CT molecular complexity index is 961. The van der Waals surface area contributed by atoms with Gasteiger partial charge >= 0.3 is 6.09 Å². The lowest BCUT2D eigenvalue weighted by molar-refractivity contribution is 0.143. The van der Waals surface area contributed by atoms with Gasteiger partial charge < -0.3 is 10.1 Å². The summed E-state index contributed by atoms with van der Waals surface area (Å²) in [4.78, 5) is 12.1. The molecule has 0 radical (unpaired) electrons. The minimum atomic E-state index is -0.380. The number of H-pyrrole nitrogens is 1. The van der Waals surface area contributed by atoms with Gasteiger partial charge in [-0.3, -0.25) is 5.10 Å². The SMILES string of the molecule is Cc1[nH]ncc1C=CCCNC(=O)OCC1c2ccccc2-c2ccccc21. The molecule has 1 aromatic heterocycles. The lowest BCUT2D eigenvalue weighted by atomic mass is 9.98. The second kappa shape index (κ2) is 8.13. The molecule has 5 nitrogen and oxygen atoms in total. The number of aromatic amines is 1. The topological polar surface area (TPSA) is 67.0 Å². The Kier molecular flexibility index (Phi) is 5.24. The summed E-state index contributed by atoms with van der Waals surface area (Å²) in [5.74, 6) is 0.0853. The molecule has 0 fully saturated rings. The van der Waals surface area contributed by atoms with Crippen LogP contribution in [0.25, 0.3) is 17.2 Å². The Hall–Kier alpha value is -3.34. The van der Waals surface area contributed by atoms with Crippen LogP contribution in [-0.2, 0) is 4.74 Å². The molecule has 2 N–H and O–H groups in total. The number of amides is 1. The number of alkyl carbamates (subject to hydrolysis) is 1. The zero-order valence-electron chi connectivity index (χ0n) is 15.8. The van der Waals surface area contributed by atoms with Gasteiger partial charge in [-0.1, -0.05) is 60.7 Å². The smallest absolute Gasteiger partial charge is 0.407 e. The number of carbonyl (C=O) groups is 1. The maximum absolute atomic E-state index is 12.1. The Morgan fingerprint density at radius 3 is 2.46 bits per heavy atom. The average molecular weight is 373 g/mol. The molecule has 0 spiro atoms. The first-order valence-electron chi connectivity index (χ1n) is 9.49. The summed E-state index contributed by atoms with van der Waals surface area (Å²) in [7, 11) is 0. The summed E-state index contributed by atoms with van der Waals surface area (Å²) in [6.07, 6.45) is 6.15. The zero-order valence-corrected chi connectivity index (χ0v) is 15.8. The van der Waals surface area contributed by atoms with E-state index in [-0.39, 0.29) is 12.0 Å². The molecule has 1 heterocycles. The molecule has 5 heteroatoms. The van der Waals surface area contributed by atoms with Crippen molar-refractivity contribution in [2.45, 2.75) is 19.3 Å². The van der Waals surface area contributed by atoms with Gasteiger partial charge in [0, 0.05) is 23.7 Å². The molecular weight excluding hydrogens is 350 g/mol. The van der Waals surface area contributed by atoms with Gasteiger partial charge in [-0.2, -0.15) is 5.10 Å². The summed E-state index contributed by atoms with van der Waals surface area (Å²) in [5, 5.41) is 9.68. The zero-order chi connectivity index (χ0) is 19.3. The van der Waals surface area contributed by atoms with Crippen LogP contribution in [0.5, 0.6) is 0 Å². The number of fused-ring (bicyclic) bond motifs is 3. The van der Waals surface area contributed by atoms with Crippen molar-refractivity contribution in [2.75, 3.05) is 13.2 Å². The first kappa shape index (κ1) is 18.0. The third-order valence-electron chi connectivity index (χ3n) is 5.09. The third-order valence-corrected chi connectivity index (χ3v) is 5.09. The van der Waals surface area contributed by atoms with Crippen molar-refractivity contribution in [3.05, 3.63) is 83.2 Å². The Morgan fingerprint density at radius 2 is 1.82 bits per heavy atom. The van der Waals surface area contributed by atoms with Crippen LogP contribution < -0.4 is 5.32 Å². The summed E-state index contributed by atoms with van der Waals surface area (Å²) >= 11 is 0. The summed E-state index contributed by atoms with van der Waals surface area (Å²) in [5.41, 5.74) is 6.98. The molecule has 4 rings (SSSR count). The van der Waals surface area contributed by atoms with Crippen molar-refractivity contribution in [1.29, 1.82) is 0 Å². The summed E-state index contributed by atoms with van der Waals surface area (Å²) < 4.78 is 5.52. The largest absolute Gasteiger partial charge is 0.449 e. The fraction of sp³-hybridized carbons (Fsp3) is 0.217.